The zero-order valence-corrected chi connectivity index (χ0v) is 13.1. The summed E-state index contributed by atoms with van der Waals surface area (Å²) in [4.78, 5) is 15.1. The van der Waals surface area contributed by atoms with Crippen LogP contribution in [-0.2, 0) is 22.4 Å². The van der Waals surface area contributed by atoms with E-state index in [0.29, 0.717) is 19.8 Å². The van der Waals surface area contributed by atoms with Gasteiger partial charge in [-0.15, -0.1) is 0 Å². The molecule has 2 atom stereocenters. The molecule has 120 valence electrons. The highest BCUT2D eigenvalue weighted by Crippen LogP contribution is 2.30. The molecule has 1 aliphatic carbocycles. The Morgan fingerprint density at radius 1 is 1.30 bits per heavy atom. The summed E-state index contributed by atoms with van der Waals surface area (Å²) in [6.07, 6.45) is 4.46. The number of aryl methyl sites for hydroxylation is 1. The fourth-order valence-corrected chi connectivity index (χ4v) is 3.68. The minimum Gasteiger partial charge on any atom is -0.377 e. The Labute approximate surface area is 135 Å². The summed E-state index contributed by atoms with van der Waals surface area (Å²) in [5, 5.41) is 7.14. The molecular formula is C18H21N3O2. The first-order valence-corrected chi connectivity index (χ1v) is 8.27. The topological polar surface area (TPSA) is 58.2 Å². The second kappa shape index (κ2) is 6.16. The van der Waals surface area contributed by atoms with E-state index in [1.165, 1.54) is 11.3 Å². The van der Waals surface area contributed by atoms with Crippen LogP contribution >= 0.6 is 0 Å². The molecule has 4 rings (SSSR count). The average molecular weight is 311 g/mol. The van der Waals surface area contributed by atoms with E-state index in [9.17, 15) is 4.79 Å². The van der Waals surface area contributed by atoms with Gasteiger partial charge in [-0.05, 0) is 30.4 Å². The van der Waals surface area contributed by atoms with Crippen molar-refractivity contribution < 1.29 is 9.53 Å². The molecule has 1 N–H and O–H groups in total. The molecule has 5 heteroatoms. The standard InChI is InChI=1S/C18H21N3O2/c22-18(14-6-7-16-15(10-14)11-19-20-16)21-8-9-23-12-17(21)13-4-2-1-3-5-13/h1-5,11,14,17H,6-10,12H2,(H,19,20). The van der Waals surface area contributed by atoms with Gasteiger partial charge < -0.3 is 9.64 Å². The molecule has 5 nitrogen and oxygen atoms in total. The maximum Gasteiger partial charge on any atom is 0.226 e. The summed E-state index contributed by atoms with van der Waals surface area (Å²) in [5.41, 5.74) is 3.54. The van der Waals surface area contributed by atoms with Gasteiger partial charge in [0.1, 0.15) is 0 Å². The lowest BCUT2D eigenvalue weighted by Gasteiger charge is -2.38. The fourth-order valence-electron chi connectivity index (χ4n) is 3.68. The lowest BCUT2D eigenvalue weighted by Crippen LogP contribution is -2.46. The number of morpholine rings is 1. The normalized spacial score (nSPS) is 24.3. The number of rotatable bonds is 2. The Hall–Kier alpha value is -2.14. The van der Waals surface area contributed by atoms with Crippen molar-refractivity contribution in [1.82, 2.24) is 15.1 Å². The number of ether oxygens (including phenoxy) is 1. The summed E-state index contributed by atoms with van der Waals surface area (Å²) in [7, 11) is 0. The number of hydrogen-bond donors (Lipinski definition) is 1. The maximum atomic E-state index is 13.1. The molecule has 2 unspecified atom stereocenters. The predicted molar refractivity (Wildman–Crippen MR) is 85.8 cm³/mol. The highest BCUT2D eigenvalue weighted by atomic mass is 16.5. The van der Waals surface area contributed by atoms with E-state index < -0.39 is 0 Å². The zero-order chi connectivity index (χ0) is 15.6. The second-order valence-electron chi connectivity index (χ2n) is 6.35. The van der Waals surface area contributed by atoms with Crippen molar-refractivity contribution in [3.8, 4) is 0 Å². The van der Waals surface area contributed by atoms with Crippen LogP contribution in [0.1, 0.15) is 29.3 Å². The Bertz CT molecular complexity index is 683. The van der Waals surface area contributed by atoms with Crippen LogP contribution in [0.3, 0.4) is 0 Å². The van der Waals surface area contributed by atoms with E-state index in [-0.39, 0.29) is 17.9 Å². The molecule has 1 saturated heterocycles. The molecule has 1 aliphatic heterocycles. The Kier molecular flexibility index (Phi) is 3.87. The van der Waals surface area contributed by atoms with Gasteiger partial charge >= 0.3 is 0 Å². The van der Waals surface area contributed by atoms with E-state index in [0.717, 1.165) is 24.8 Å². The number of hydrogen-bond acceptors (Lipinski definition) is 3. The van der Waals surface area contributed by atoms with Gasteiger partial charge in [-0.3, -0.25) is 9.89 Å². The first-order valence-electron chi connectivity index (χ1n) is 8.27. The summed E-state index contributed by atoms with van der Waals surface area (Å²) < 4.78 is 5.64. The minimum atomic E-state index is 0.0307. The van der Waals surface area contributed by atoms with Gasteiger partial charge in [0.05, 0.1) is 25.5 Å². The van der Waals surface area contributed by atoms with Crippen LogP contribution in [0.15, 0.2) is 36.5 Å². The molecule has 0 radical (unpaired) electrons. The Morgan fingerprint density at radius 3 is 3.04 bits per heavy atom. The van der Waals surface area contributed by atoms with Gasteiger partial charge in [-0.25, -0.2) is 0 Å². The average Bonchev–Trinajstić information content (AvgIpc) is 3.09. The molecule has 2 aromatic rings. The van der Waals surface area contributed by atoms with Crippen molar-refractivity contribution in [2.75, 3.05) is 19.8 Å². The van der Waals surface area contributed by atoms with Crippen LogP contribution in [-0.4, -0.2) is 40.8 Å². The van der Waals surface area contributed by atoms with E-state index in [4.69, 9.17) is 4.74 Å². The van der Waals surface area contributed by atoms with Crippen LogP contribution in [0.4, 0.5) is 0 Å². The number of fused-ring (bicyclic) bond motifs is 1. The highest BCUT2D eigenvalue weighted by Gasteiger charge is 2.34. The molecule has 2 heterocycles. The van der Waals surface area contributed by atoms with Gasteiger partial charge in [0.15, 0.2) is 0 Å². The third-order valence-corrected chi connectivity index (χ3v) is 4.96. The number of amides is 1. The lowest BCUT2D eigenvalue weighted by atomic mass is 9.86. The van der Waals surface area contributed by atoms with Crippen LogP contribution in [0.2, 0.25) is 0 Å². The van der Waals surface area contributed by atoms with Crippen molar-refractivity contribution in [3.63, 3.8) is 0 Å². The molecule has 1 aromatic heterocycles. The molecule has 1 aromatic carbocycles. The van der Waals surface area contributed by atoms with E-state index in [2.05, 4.69) is 22.3 Å². The van der Waals surface area contributed by atoms with E-state index >= 15 is 0 Å². The molecule has 0 saturated carbocycles. The number of nitrogens with one attached hydrogen (secondary N) is 1. The summed E-state index contributed by atoms with van der Waals surface area (Å²) in [5.74, 6) is 0.318. The Balaban J connectivity index is 1.54. The van der Waals surface area contributed by atoms with Crippen molar-refractivity contribution in [2.24, 2.45) is 5.92 Å². The third kappa shape index (κ3) is 2.77. The molecule has 2 aliphatic rings. The quantitative estimate of drug-likeness (QED) is 0.924. The first kappa shape index (κ1) is 14.5. The van der Waals surface area contributed by atoms with Crippen molar-refractivity contribution in [1.29, 1.82) is 0 Å². The first-order chi connectivity index (χ1) is 11.3. The predicted octanol–water partition coefficient (Wildman–Crippen LogP) is 2.11. The number of carbonyl (C=O) groups is 1. The number of nitrogens with zero attached hydrogens (tertiary/aromatic N) is 2. The Morgan fingerprint density at radius 2 is 2.17 bits per heavy atom. The summed E-state index contributed by atoms with van der Waals surface area (Å²) >= 11 is 0. The molecule has 0 bridgehead atoms. The number of benzene rings is 1. The van der Waals surface area contributed by atoms with Gasteiger partial charge in [0.25, 0.3) is 0 Å². The molecular weight excluding hydrogens is 290 g/mol. The maximum absolute atomic E-state index is 13.1. The third-order valence-electron chi connectivity index (χ3n) is 4.96. The largest absolute Gasteiger partial charge is 0.377 e. The number of carbonyl (C=O) groups excluding carboxylic acids is 1. The van der Waals surface area contributed by atoms with Gasteiger partial charge in [0, 0.05) is 18.2 Å². The second-order valence-corrected chi connectivity index (χ2v) is 6.35. The van der Waals surface area contributed by atoms with Gasteiger partial charge in [0.2, 0.25) is 5.91 Å². The number of H-pyrrole nitrogens is 1. The van der Waals surface area contributed by atoms with Crippen molar-refractivity contribution in [2.45, 2.75) is 25.3 Å². The summed E-state index contributed by atoms with van der Waals surface area (Å²) in [6, 6.07) is 10.2. The van der Waals surface area contributed by atoms with Crippen molar-refractivity contribution in [3.05, 3.63) is 53.3 Å². The van der Waals surface area contributed by atoms with Crippen LogP contribution in [0.5, 0.6) is 0 Å². The zero-order valence-electron chi connectivity index (χ0n) is 13.1. The molecule has 1 amide bonds. The fraction of sp³-hybridized carbons (Fsp3) is 0.444. The van der Waals surface area contributed by atoms with Crippen LogP contribution < -0.4 is 0 Å². The van der Waals surface area contributed by atoms with Gasteiger partial charge in [-0.2, -0.15) is 5.10 Å². The minimum absolute atomic E-state index is 0.0307. The SMILES string of the molecule is O=C(C1CCc2[nH]ncc2C1)N1CCOCC1c1ccccc1. The monoisotopic (exact) mass is 311 g/mol. The number of aromatic amines is 1. The van der Waals surface area contributed by atoms with Gasteiger partial charge in [-0.1, -0.05) is 30.3 Å². The molecule has 1 fully saturated rings. The smallest absolute Gasteiger partial charge is 0.226 e. The molecule has 23 heavy (non-hydrogen) atoms. The molecule has 0 spiro atoms. The van der Waals surface area contributed by atoms with E-state index in [1.54, 1.807) is 0 Å². The highest BCUT2D eigenvalue weighted by molar-refractivity contribution is 5.80. The van der Waals surface area contributed by atoms with Crippen LogP contribution in [0, 0.1) is 5.92 Å². The number of aromatic nitrogens is 2. The van der Waals surface area contributed by atoms with Crippen molar-refractivity contribution >= 4 is 5.91 Å². The summed E-state index contributed by atoms with van der Waals surface area (Å²) in [6.45, 7) is 1.88. The van der Waals surface area contributed by atoms with E-state index in [1.807, 2.05) is 29.3 Å². The van der Waals surface area contributed by atoms with Crippen LogP contribution in [0.25, 0.3) is 0 Å². The lowest BCUT2D eigenvalue weighted by molar-refractivity contribution is -0.145.